The largest absolute Gasteiger partial charge is 0.347 e. The van der Waals surface area contributed by atoms with Crippen LogP contribution in [0.15, 0.2) is 66.4 Å². The zero-order valence-electron chi connectivity index (χ0n) is 12.4. The summed E-state index contributed by atoms with van der Waals surface area (Å²) in [5, 5.41) is 5.38. The Hall–Kier alpha value is -2.88. The Bertz CT molecular complexity index is 664. The second-order valence-electron chi connectivity index (χ2n) is 4.82. The molecule has 0 aliphatic carbocycles. The lowest BCUT2D eigenvalue weighted by atomic mass is 10.2. The molecule has 2 rings (SSSR count). The molecule has 0 spiro atoms. The molecule has 0 unspecified atom stereocenters. The number of amides is 2. The molecule has 112 valence electrons. The van der Waals surface area contributed by atoms with Crippen molar-refractivity contribution in [3.8, 4) is 0 Å². The second kappa shape index (κ2) is 7.78. The van der Waals surface area contributed by atoms with Crippen molar-refractivity contribution in [2.24, 2.45) is 0 Å². The van der Waals surface area contributed by atoms with Crippen LogP contribution in [0.1, 0.15) is 18.1 Å². The van der Waals surface area contributed by atoms with Crippen LogP contribution in [-0.4, -0.2) is 11.8 Å². The van der Waals surface area contributed by atoms with Gasteiger partial charge in [0.2, 0.25) is 5.91 Å². The minimum atomic E-state index is -0.317. The topological polar surface area (TPSA) is 58.2 Å². The van der Waals surface area contributed by atoms with Crippen LogP contribution in [0.25, 0.3) is 6.08 Å². The van der Waals surface area contributed by atoms with E-state index in [4.69, 9.17) is 0 Å². The summed E-state index contributed by atoms with van der Waals surface area (Å²) in [6.45, 7) is 1.79. The fourth-order valence-electron chi connectivity index (χ4n) is 1.94. The van der Waals surface area contributed by atoms with Crippen LogP contribution in [-0.2, 0) is 16.1 Å². The SMILES string of the molecule is CC(=O)NC(=Cc1ccccc1)C(=O)NCc1ccccc1. The highest BCUT2D eigenvalue weighted by atomic mass is 16.2. The number of hydrogen-bond donors (Lipinski definition) is 2. The summed E-state index contributed by atoms with van der Waals surface area (Å²) < 4.78 is 0. The maximum atomic E-state index is 12.3. The molecule has 0 bridgehead atoms. The van der Waals surface area contributed by atoms with E-state index >= 15 is 0 Å². The van der Waals surface area contributed by atoms with Crippen molar-refractivity contribution in [3.05, 3.63) is 77.5 Å². The van der Waals surface area contributed by atoms with Crippen molar-refractivity contribution in [1.29, 1.82) is 0 Å². The lowest BCUT2D eigenvalue weighted by molar-refractivity contribution is -0.122. The first kappa shape index (κ1) is 15.5. The lowest BCUT2D eigenvalue weighted by Crippen LogP contribution is -2.33. The van der Waals surface area contributed by atoms with Crippen molar-refractivity contribution < 1.29 is 9.59 Å². The lowest BCUT2D eigenvalue weighted by Gasteiger charge is -2.10. The first-order valence-corrected chi connectivity index (χ1v) is 7.01. The Labute approximate surface area is 129 Å². The highest BCUT2D eigenvalue weighted by Gasteiger charge is 2.10. The molecular weight excluding hydrogens is 276 g/mol. The molecule has 0 fully saturated rings. The Morgan fingerprint density at radius 3 is 2.14 bits per heavy atom. The van der Waals surface area contributed by atoms with Gasteiger partial charge in [-0.1, -0.05) is 60.7 Å². The van der Waals surface area contributed by atoms with E-state index in [1.165, 1.54) is 6.92 Å². The van der Waals surface area contributed by atoms with Crippen molar-refractivity contribution in [2.75, 3.05) is 0 Å². The standard InChI is InChI=1S/C18H18N2O2/c1-14(21)20-17(12-15-8-4-2-5-9-15)18(22)19-13-16-10-6-3-7-11-16/h2-12H,13H2,1H3,(H,19,22)(H,20,21). The molecule has 2 amide bonds. The third kappa shape index (κ3) is 4.90. The van der Waals surface area contributed by atoms with Gasteiger partial charge in [-0.25, -0.2) is 0 Å². The van der Waals surface area contributed by atoms with E-state index in [0.29, 0.717) is 6.54 Å². The minimum absolute atomic E-state index is 0.231. The number of nitrogens with one attached hydrogen (secondary N) is 2. The van der Waals surface area contributed by atoms with Crippen LogP contribution in [0.4, 0.5) is 0 Å². The summed E-state index contributed by atoms with van der Waals surface area (Å²) >= 11 is 0. The normalized spacial score (nSPS) is 10.9. The van der Waals surface area contributed by atoms with Crippen LogP contribution in [0.5, 0.6) is 0 Å². The zero-order chi connectivity index (χ0) is 15.8. The van der Waals surface area contributed by atoms with Crippen molar-refractivity contribution >= 4 is 17.9 Å². The Balaban J connectivity index is 2.09. The van der Waals surface area contributed by atoms with E-state index in [1.54, 1.807) is 6.08 Å². The monoisotopic (exact) mass is 294 g/mol. The first-order valence-electron chi connectivity index (χ1n) is 7.01. The Kier molecular flexibility index (Phi) is 5.49. The molecule has 0 saturated carbocycles. The molecule has 0 heterocycles. The third-order valence-corrected chi connectivity index (χ3v) is 2.96. The van der Waals surface area contributed by atoms with Gasteiger partial charge in [0.05, 0.1) is 0 Å². The summed E-state index contributed by atoms with van der Waals surface area (Å²) in [5.74, 6) is -0.597. The van der Waals surface area contributed by atoms with Gasteiger partial charge < -0.3 is 10.6 Å². The number of rotatable bonds is 5. The van der Waals surface area contributed by atoms with Gasteiger partial charge in [0, 0.05) is 13.5 Å². The van der Waals surface area contributed by atoms with Crippen LogP contribution in [0.2, 0.25) is 0 Å². The average Bonchev–Trinajstić information content (AvgIpc) is 2.53. The summed E-state index contributed by atoms with van der Waals surface area (Å²) in [4.78, 5) is 23.6. The van der Waals surface area contributed by atoms with Gasteiger partial charge in [0.25, 0.3) is 5.91 Å². The van der Waals surface area contributed by atoms with E-state index in [-0.39, 0.29) is 17.5 Å². The maximum Gasteiger partial charge on any atom is 0.268 e. The Morgan fingerprint density at radius 2 is 1.55 bits per heavy atom. The molecule has 2 aromatic carbocycles. The molecule has 0 atom stereocenters. The molecule has 0 aliphatic heterocycles. The molecule has 4 nitrogen and oxygen atoms in total. The molecule has 0 aromatic heterocycles. The van der Waals surface area contributed by atoms with Crippen LogP contribution in [0.3, 0.4) is 0 Å². The van der Waals surface area contributed by atoms with Crippen LogP contribution < -0.4 is 10.6 Å². The van der Waals surface area contributed by atoms with Gasteiger partial charge in [-0.2, -0.15) is 0 Å². The second-order valence-corrected chi connectivity index (χ2v) is 4.82. The summed E-state index contributed by atoms with van der Waals surface area (Å²) in [5.41, 5.74) is 2.08. The number of carbonyl (C=O) groups is 2. The van der Waals surface area contributed by atoms with E-state index in [2.05, 4.69) is 10.6 Å². The van der Waals surface area contributed by atoms with Crippen molar-refractivity contribution in [1.82, 2.24) is 10.6 Å². The van der Waals surface area contributed by atoms with Gasteiger partial charge in [-0.05, 0) is 17.2 Å². The average molecular weight is 294 g/mol. The minimum Gasteiger partial charge on any atom is -0.347 e. The predicted octanol–water partition coefficient (Wildman–Crippen LogP) is 2.48. The highest BCUT2D eigenvalue weighted by Crippen LogP contribution is 2.06. The first-order chi connectivity index (χ1) is 10.6. The molecular formula is C18H18N2O2. The number of benzene rings is 2. The van der Waals surface area contributed by atoms with Crippen LogP contribution in [0, 0.1) is 0 Å². The van der Waals surface area contributed by atoms with E-state index in [9.17, 15) is 9.59 Å². The molecule has 22 heavy (non-hydrogen) atoms. The molecule has 2 aromatic rings. The third-order valence-electron chi connectivity index (χ3n) is 2.96. The fraction of sp³-hybridized carbons (Fsp3) is 0.111. The number of carbonyl (C=O) groups excluding carboxylic acids is 2. The summed E-state index contributed by atoms with van der Waals surface area (Å²) in [6, 6.07) is 19.0. The molecule has 2 N–H and O–H groups in total. The smallest absolute Gasteiger partial charge is 0.268 e. The van der Waals surface area contributed by atoms with Gasteiger partial charge in [-0.15, -0.1) is 0 Å². The van der Waals surface area contributed by atoms with Crippen LogP contribution >= 0.6 is 0 Å². The molecule has 0 radical (unpaired) electrons. The maximum absolute atomic E-state index is 12.3. The van der Waals surface area contributed by atoms with E-state index in [0.717, 1.165) is 11.1 Å². The zero-order valence-corrected chi connectivity index (χ0v) is 12.4. The van der Waals surface area contributed by atoms with E-state index in [1.807, 2.05) is 60.7 Å². The highest BCUT2D eigenvalue weighted by molar-refractivity contribution is 6.00. The summed E-state index contributed by atoms with van der Waals surface area (Å²) in [7, 11) is 0. The number of hydrogen-bond acceptors (Lipinski definition) is 2. The summed E-state index contributed by atoms with van der Waals surface area (Å²) in [6.07, 6.45) is 1.65. The predicted molar refractivity (Wildman–Crippen MR) is 86.5 cm³/mol. The van der Waals surface area contributed by atoms with Gasteiger partial charge in [-0.3, -0.25) is 9.59 Å². The molecule has 0 aliphatic rings. The van der Waals surface area contributed by atoms with Gasteiger partial charge in [0.15, 0.2) is 0 Å². The molecule has 0 saturated heterocycles. The Morgan fingerprint density at radius 1 is 0.955 bits per heavy atom. The van der Waals surface area contributed by atoms with Gasteiger partial charge >= 0.3 is 0 Å². The fourth-order valence-corrected chi connectivity index (χ4v) is 1.94. The molecule has 4 heteroatoms. The van der Waals surface area contributed by atoms with Crippen molar-refractivity contribution in [2.45, 2.75) is 13.5 Å². The quantitative estimate of drug-likeness (QED) is 0.832. The van der Waals surface area contributed by atoms with Gasteiger partial charge in [0.1, 0.15) is 5.70 Å². The van der Waals surface area contributed by atoms with E-state index < -0.39 is 0 Å². The van der Waals surface area contributed by atoms with Crippen molar-refractivity contribution in [3.63, 3.8) is 0 Å².